The van der Waals surface area contributed by atoms with Crippen molar-refractivity contribution in [3.8, 4) is 0 Å². The number of carbonyl (C=O) groups is 2. The Labute approximate surface area is 191 Å². The average molecular weight is 444 g/mol. The Hall–Kier alpha value is -3.44. The van der Waals surface area contributed by atoms with Gasteiger partial charge in [-0.25, -0.2) is 4.79 Å². The van der Waals surface area contributed by atoms with Gasteiger partial charge in [0.1, 0.15) is 0 Å². The molecule has 5 heteroatoms. The number of aryl methyl sites for hydroxylation is 1. The van der Waals surface area contributed by atoms with Crippen molar-refractivity contribution in [1.29, 1.82) is 0 Å². The maximum absolute atomic E-state index is 13.3. The van der Waals surface area contributed by atoms with Crippen molar-refractivity contribution in [2.75, 3.05) is 5.32 Å². The summed E-state index contributed by atoms with van der Waals surface area (Å²) in [4.78, 5) is 26.2. The summed E-state index contributed by atoms with van der Waals surface area (Å²) in [5.41, 5.74) is 4.35. The summed E-state index contributed by atoms with van der Waals surface area (Å²) in [6.07, 6.45) is 0.469. The van der Waals surface area contributed by atoms with Gasteiger partial charge >= 0.3 is 5.97 Å². The topological polar surface area (TPSA) is 55.4 Å². The van der Waals surface area contributed by atoms with Crippen molar-refractivity contribution in [2.45, 2.75) is 33.3 Å². The Morgan fingerprint density at radius 3 is 2.47 bits per heavy atom. The van der Waals surface area contributed by atoms with Gasteiger partial charge in [0.05, 0.1) is 16.5 Å². The molecule has 0 fully saturated rings. The van der Waals surface area contributed by atoms with Crippen molar-refractivity contribution >= 4 is 39.0 Å². The van der Waals surface area contributed by atoms with Crippen molar-refractivity contribution in [2.24, 2.45) is 0 Å². The van der Waals surface area contributed by atoms with Gasteiger partial charge in [-0.1, -0.05) is 54.1 Å². The van der Waals surface area contributed by atoms with E-state index in [-0.39, 0.29) is 12.0 Å². The Balaban J connectivity index is 1.64. The van der Waals surface area contributed by atoms with E-state index in [0.717, 1.165) is 21.2 Å². The Bertz CT molecular complexity index is 1270. The van der Waals surface area contributed by atoms with Crippen molar-refractivity contribution < 1.29 is 14.3 Å². The first-order valence-electron chi connectivity index (χ1n) is 10.6. The normalized spacial score (nSPS) is 11.0. The molecule has 0 spiro atoms. The molecule has 0 atom stereocenters. The molecule has 3 aromatic carbocycles. The molecule has 0 aliphatic carbocycles. The largest absolute Gasteiger partial charge is 0.459 e. The fraction of sp³-hybridized carbons (Fsp3) is 0.185. The zero-order valence-electron chi connectivity index (χ0n) is 18.3. The molecule has 0 aliphatic rings. The number of carbonyl (C=O) groups excluding carboxylic acids is 2. The van der Waals surface area contributed by atoms with Crippen molar-refractivity contribution in [3.63, 3.8) is 0 Å². The third kappa shape index (κ3) is 4.89. The molecule has 1 aromatic heterocycles. The second-order valence-electron chi connectivity index (χ2n) is 8.06. The van der Waals surface area contributed by atoms with E-state index in [1.807, 2.05) is 18.2 Å². The van der Waals surface area contributed by atoms with Crippen LogP contribution in [0, 0.1) is 6.92 Å². The summed E-state index contributed by atoms with van der Waals surface area (Å²) in [6, 6.07) is 23.3. The van der Waals surface area contributed by atoms with Gasteiger partial charge < -0.3 is 10.1 Å². The second kappa shape index (κ2) is 9.37. The van der Waals surface area contributed by atoms with Gasteiger partial charge in [0.2, 0.25) is 0 Å². The fourth-order valence-electron chi connectivity index (χ4n) is 3.56. The average Bonchev–Trinajstić information content (AvgIpc) is 3.14. The quantitative estimate of drug-likeness (QED) is 0.341. The van der Waals surface area contributed by atoms with Crippen LogP contribution in [0.1, 0.15) is 50.6 Å². The predicted octanol–water partition coefficient (Wildman–Crippen LogP) is 6.62. The summed E-state index contributed by atoms with van der Waals surface area (Å²) < 4.78 is 6.34. The lowest BCUT2D eigenvalue weighted by Crippen LogP contribution is -2.14. The van der Waals surface area contributed by atoms with E-state index in [4.69, 9.17) is 4.74 Å². The van der Waals surface area contributed by atoms with Gasteiger partial charge in [-0.2, -0.15) is 0 Å². The minimum absolute atomic E-state index is 0.178. The SMILES string of the molecule is Cc1ccc(Cc2c(C(=O)Nc3cccc(C(=O)OC(C)C)c3)sc3ccccc23)cc1. The zero-order valence-corrected chi connectivity index (χ0v) is 19.2. The van der Waals surface area contributed by atoms with Crippen molar-refractivity contribution in [3.05, 3.63) is 99.9 Å². The van der Waals surface area contributed by atoms with Crippen LogP contribution in [0.15, 0.2) is 72.8 Å². The summed E-state index contributed by atoms with van der Waals surface area (Å²) in [6.45, 7) is 5.68. The van der Waals surface area contributed by atoms with Crippen molar-refractivity contribution in [1.82, 2.24) is 0 Å². The number of fused-ring (bicyclic) bond motifs is 1. The molecule has 0 unspecified atom stereocenters. The van der Waals surface area contributed by atoms with E-state index in [0.29, 0.717) is 22.5 Å². The van der Waals surface area contributed by atoms with Crippen LogP contribution >= 0.6 is 11.3 Å². The lowest BCUT2D eigenvalue weighted by Gasteiger charge is -2.10. The van der Waals surface area contributed by atoms with Gasteiger partial charge in [-0.3, -0.25) is 4.79 Å². The first-order chi connectivity index (χ1) is 15.4. The minimum Gasteiger partial charge on any atom is -0.459 e. The maximum Gasteiger partial charge on any atom is 0.338 e. The molecule has 4 nitrogen and oxygen atoms in total. The zero-order chi connectivity index (χ0) is 22.7. The molecule has 162 valence electrons. The number of rotatable bonds is 6. The highest BCUT2D eigenvalue weighted by atomic mass is 32.1. The standard InChI is InChI=1S/C27H25NO3S/c1-17(2)31-27(30)20-7-6-8-21(16-20)28-26(29)25-23(15-19-13-11-18(3)12-14-19)22-9-4-5-10-24(22)32-25/h4-14,16-17H,15H2,1-3H3,(H,28,29). The first kappa shape index (κ1) is 21.8. The summed E-state index contributed by atoms with van der Waals surface area (Å²) in [7, 11) is 0. The van der Waals surface area contributed by atoms with E-state index >= 15 is 0 Å². The number of amides is 1. The van der Waals surface area contributed by atoms with Crippen LogP contribution in [0.25, 0.3) is 10.1 Å². The predicted molar refractivity (Wildman–Crippen MR) is 131 cm³/mol. The molecule has 0 saturated heterocycles. The lowest BCUT2D eigenvalue weighted by atomic mass is 10.0. The van der Waals surface area contributed by atoms with E-state index < -0.39 is 5.97 Å². The van der Waals surface area contributed by atoms with Gasteiger partial charge in [0.25, 0.3) is 5.91 Å². The molecule has 4 rings (SSSR count). The second-order valence-corrected chi connectivity index (χ2v) is 9.11. The highest BCUT2D eigenvalue weighted by molar-refractivity contribution is 7.21. The van der Waals surface area contributed by atoms with Crippen LogP contribution in [0.2, 0.25) is 0 Å². The summed E-state index contributed by atoms with van der Waals surface area (Å²) >= 11 is 1.49. The molecule has 4 aromatic rings. The highest BCUT2D eigenvalue weighted by Gasteiger charge is 2.19. The van der Waals surface area contributed by atoms with E-state index in [9.17, 15) is 9.59 Å². The number of benzene rings is 3. The van der Waals surface area contributed by atoms with Gasteiger partial charge in [0.15, 0.2) is 0 Å². The molecule has 1 heterocycles. The molecule has 0 saturated carbocycles. The molecule has 0 radical (unpaired) electrons. The summed E-state index contributed by atoms with van der Waals surface area (Å²) in [5.74, 6) is -0.583. The van der Waals surface area contributed by atoms with Crippen LogP contribution in [0.5, 0.6) is 0 Å². The molecule has 32 heavy (non-hydrogen) atoms. The monoisotopic (exact) mass is 443 g/mol. The molecule has 0 aliphatic heterocycles. The Morgan fingerprint density at radius 2 is 1.72 bits per heavy atom. The third-order valence-electron chi connectivity index (χ3n) is 5.10. The van der Waals surface area contributed by atoms with E-state index in [2.05, 4.69) is 42.6 Å². The smallest absolute Gasteiger partial charge is 0.338 e. The molecule has 1 N–H and O–H groups in total. The van der Waals surface area contributed by atoms with Gasteiger partial charge in [0, 0.05) is 10.4 Å². The van der Waals surface area contributed by atoms with E-state index in [1.165, 1.54) is 16.9 Å². The molecule has 1 amide bonds. The van der Waals surface area contributed by atoms with Crippen LogP contribution in [-0.2, 0) is 11.2 Å². The summed E-state index contributed by atoms with van der Waals surface area (Å²) in [5, 5.41) is 4.06. The van der Waals surface area contributed by atoms with Gasteiger partial charge in [-0.05, 0) is 68.0 Å². The van der Waals surface area contributed by atoms with Crippen LogP contribution in [0.3, 0.4) is 0 Å². The number of thiophene rings is 1. The number of anilines is 1. The van der Waals surface area contributed by atoms with E-state index in [1.54, 1.807) is 38.1 Å². The van der Waals surface area contributed by atoms with Crippen LogP contribution in [-0.4, -0.2) is 18.0 Å². The number of hydrogen-bond donors (Lipinski definition) is 1. The first-order valence-corrected chi connectivity index (χ1v) is 11.4. The fourth-order valence-corrected chi connectivity index (χ4v) is 4.68. The Kier molecular flexibility index (Phi) is 6.37. The van der Waals surface area contributed by atoms with Crippen LogP contribution < -0.4 is 5.32 Å². The van der Waals surface area contributed by atoms with Crippen LogP contribution in [0.4, 0.5) is 5.69 Å². The highest BCUT2D eigenvalue weighted by Crippen LogP contribution is 2.33. The molecule has 0 bridgehead atoms. The van der Waals surface area contributed by atoms with Gasteiger partial charge in [-0.15, -0.1) is 11.3 Å². The lowest BCUT2D eigenvalue weighted by molar-refractivity contribution is 0.0377. The number of esters is 1. The number of nitrogens with one attached hydrogen (secondary N) is 1. The molecular weight excluding hydrogens is 418 g/mol. The number of ether oxygens (including phenoxy) is 1. The number of hydrogen-bond acceptors (Lipinski definition) is 4. The maximum atomic E-state index is 13.3. The molecular formula is C27H25NO3S. The minimum atomic E-state index is -0.405. The Morgan fingerprint density at radius 1 is 0.969 bits per heavy atom. The third-order valence-corrected chi connectivity index (χ3v) is 6.32.